The van der Waals surface area contributed by atoms with Crippen molar-refractivity contribution in [1.29, 1.82) is 0 Å². The maximum Gasteiger partial charge on any atom is 0.407 e. The largest absolute Gasteiger partial charge is 0.548 e. The number of carboxylic acid groups (broad SMARTS) is 1. The summed E-state index contributed by atoms with van der Waals surface area (Å²) < 4.78 is 5.42. The highest BCUT2D eigenvalue weighted by atomic mass is 16.5. The number of aliphatic carboxylic acids is 1. The standard InChI is InChI=1S/C24H21NO4/c26-23(27)22(14-16-8-2-1-3-9-16)25-24(28)29-15-21-19-12-6-4-10-17(19)18-11-5-7-13-20(18)21/h1-13,21-22H,14-15H2,(H,25,28)(H,26,27)/p-1/t22-/m0/s1. The lowest BCUT2D eigenvalue weighted by Gasteiger charge is -2.21. The van der Waals surface area contributed by atoms with Gasteiger partial charge in [0.1, 0.15) is 6.61 Å². The van der Waals surface area contributed by atoms with Crippen LogP contribution in [0.5, 0.6) is 0 Å². The molecule has 1 N–H and O–H groups in total. The van der Waals surface area contributed by atoms with E-state index in [2.05, 4.69) is 17.4 Å². The van der Waals surface area contributed by atoms with Crippen LogP contribution in [0.15, 0.2) is 78.9 Å². The van der Waals surface area contributed by atoms with Gasteiger partial charge in [0, 0.05) is 5.92 Å². The molecule has 5 nitrogen and oxygen atoms in total. The molecule has 0 aromatic heterocycles. The molecule has 5 heteroatoms. The van der Waals surface area contributed by atoms with Gasteiger partial charge in [-0.3, -0.25) is 0 Å². The second kappa shape index (κ2) is 8.19. The molecular weight excluding hydrogens is 366 g/mol. The first kappa shape index (κ1) is 18.7. The maximum absolute atomic E-state index is 12.3. The SMILES string of the molecule is O=C(N[C@@H](Cc1ccccc1)C(=O)[O-])OCC1c2ccccc2-c2ccccc21. The van der Waals surface area contributed by atoms with Crippen LogP contribution in [0.4, 0.5) is 4.79 Å². The lowest BCUT2D eigenvalue weighted by atomic mass is 9.98. The third-order valence-electron chi connectivity index (χ3n) is 5.20. The van der Waals surface area contributed by atoms with Gasteiger partial charge in [0.2, 0.25) is 0 Å². The van der Waals surface area contributed by atoms with E-state index in [4.69, 9.17) is 4.74 Å². The Hall–Kier alpha value is -3.60. The van der Waals surface area contributed by atoms with Crippen LogP contribution in [-0.2, 0) is 16.0 Å². The summed E-state index contributed by atoms with van der Waals surface area (Å²) in [7, 11) is 0. The van der Waals surface area contributed by atoms with Crippen LogP contribution >= 0.6 is 0 Å². The van der Waals surface area contributed by atoms with Crippen LogP contribution in [0.25, 0.3) is 11.1 Å². The van der Waals surface area contributed by atoms with Gasteiger partial charge in [-0.2, -0.15) is 0 Å². The first-order valence-corrected chi connectivity index (χ1v) is 9.50. The van der Waals surface area contributed by atoms with E-state index in [1.807, 2.05) is 54.6 Å². The Kier molecular flexibility index (Phi) is 5.29. The van der Waals surface area contributed by atoms with Gasteiger partial charge in [0.05, 0.1) is 12.0 Å². The molecule has 3 aromatic rings. The average molecular weight is 386 g/mol. The number of carbonyl (C=O) groups excluding carboxylic acids is 2. The van der Waals surface area contributed by atoms with Crippen molar-refractivity contribution < 1.29 is 19.4 Å². The second-order valence-corrected chi connectivity index (χ2v) is 7.03. The molecule has 1 atom stereocenters. The molecule has 0 saturated carbocycles. The number of benzene rings is 3. The van der Waals surface area contributed by atoms with Crippen molar-refractivity contribution in [2.75, 3.05) is 6.61 Å². The van der Waals surface area contributed by atoms with E-state index < -0.39 is 18.1 Å². The number of carboxylic acids is 1. The molecule has 0 unspecified atom stereocenters. The highest BCUT2D eigenvalue weighted by Gasteiger charge is 2.29. The normalized spacial score (nSPS) is 13.2. The minimum atomic E-state index is -1.35. The van der Waals surface area contributed by atoms with E-state index in [9.17, 15) is 14.7 Å². The molecule has 3 aromatic carbocycles. The molecule has 4 rings (SSSR count). The molecule has 1 aliphatic rings. The predicted octanol–water partition coefficient (Wildman–Crippen LogP) is 2.89. The topological polar surface area (TPSA) is 78.5 Å². The van der Waals surface area contributed by atoms with Crippen molar-refractivity contribution in [2.45, 2.75) is 18.4 Å². The Bertz CT molecular complexity index is 986. The van der Waals surface area contributed by atoms with Crippen LogP contribution in [0.3, 0.4) is 0 Å². The minimum absolute atomic E-state index is 0.0799. The Morgan fingerprint density at radius 2 is 1.41 bits per heavy atom. The van der Waals surface area contributed by atoms with E-state index in [1.54, 1.807) is 12.1 Å². The fourth-order valence-corrected chi connectivity index (χ4v) is 3.83. The van der Waals surface area contributed by atoms with Gasteiger partial charge in [0.25, 0.3) is 0 Å². The number of amides is 1. The predicted molar refractivity (Wildman–Crippen MR) is 107 cm³/mol. The van der Waals surface area contributed by atoms with Crippen molar-refractivity contribution in [2.24, 2.45) is 0 Å². The average Bonchev–Trinajstić information content (AvgIpc) is 3.06. The molecule has 29 heavy (non-hydrogen) atoms. The van der Waals surface area contributed by atoms with E-state index >= 15 is 0 Å². The summed E-state index contributed by atoms with van der Waals surface area (Å²) >= 11 is 0. The Labute approximate surface area is 169 Å². The van der Waals surface area contributed by atoms with E-state index in [0.29, 0.717) is 0 Å². The second-order valence-electron chi connectivity index (χ2n) is 7.03. The molecule has 0 bridgehead atoms. The summed E-state index contributed by atoms with van der Waals surface area (Å²) in [6.07, 6.45) is -0.634. The van der Waals surface area contributed by atoms with Gasteiger partial charge in [-0.05, 0) is 34.2 Å². The molecule has 0 radical (unpaired) electrons. The maximum atomic E-state index is 12.3. The van der Waals surface area contributed by atoms with Crippen LogP contribution in [0.2, 0.25) is 0 Å². The van der Waals surface area contributed by atoms with Gasteiger partial charge in [0.15, 0.2) is 0 Å². The fraction of sp³-hybridized carbons (Fsp3) is 0.167. The van der Waals surface area contributed by atoms with E-state index in [-0.39, 0.29) is 18.9 Å². The van der Waals surface area contributed by atoms with Crippen molar-refractivity contribution in [3.8, 4) is 11.1 Å². The van der Waals surface area contributed by atoms with Gasteiger partial charge in [-0.25, -0.2) is 4.79 Å². The number of rotatable bonds is 6. The Balaban J connectivity index is 1.43. The molecule has 0 fully saturated rings. The van der Waals surface area contributed by atoms with Gasteiger partial charge >= 0.3 is 6.09 Å². The first-order chi connectivity index (χ1) is 14.1. The van der Waals surface area contributed by atoms with Gasteiger partial charge in [-0.1, -0.05) is 78.9 Å². The summed E-state index contributed by atoms with van der Waals surface area (Å²) in [6, 6.07) is 24.0. The third kappa shape index (κ3) is 3.99. The number of ether oxygens (including phenoxy) is 1. The zero-order chi connectivity index (χ0) is 20.2. The molecule has 146 valence electrons. The highest BCUT2D eigenvalue weighted by molar-refractivity contribution is 5.80. The Morgan fingerprint density at radius 1 is 0.862 bits per heavy atom. The van der Waals surface area contributed by atoms with Crippen LogP contribution in [-0.4, -0.2) is 24.7 Å². The first-order valence-electron chi connectivity index (χ1n) is 9.50. The third-order valence-corrected chi connectivity index (χ3v) is 5.20. The number of fused-ring (bicyclic) bond motifs is 3. The zero-order valence-electron chi connectivity index (χ0n) is 15.7. The number of hydrogen-bond donors (Lipinski definition) is 1. The van der Waals surface area contributed by atoms with E-state index in [1.165, 1.54) is 0 Å². The van der Waals surface area contributed by atoms with Crippen molar-refractivity contribution in [1.82, 2.24) is 5.32 Å². The van der Waals surface area contributed by atoms with Crippen molar-refractivity contribution in [3.63, 3.8) is 0 Å². The lowest BCUT2D eigenvalue weighted by Crippen LogP contribution is -2.49. The molecule has 0 spiro atoms. The summed E-state index contributed by atoms with van der Waals surface area (Å²) in [5, 5.41) is 13.9. The molecule has 0 aliphatic heterocycles. The number of alkyl carbamates (subject to hydrolysis) is 1. The molecule has 1 amide bonds. The van der Waals surface area contributed by atoms with E-state index in [0.717, 1.165) is 27.8 Å². The number of nitrogens with one attached hydrogen (secondary N) is 1. The van der Waals surface area contributed by atoms with Crippen LogP contribution in [0.1, 0.15) is 22.6 Å². The quantitative estimate of drug-likeness (QED) is 0.707. The Morgan fingerprint density at radius 3 is 2.00 bits per heavy atom. The molecule has 0 saturated heterocycles. The zero-order valence-corrected chi connectivity index (χ0v) is 15.7. The number of hydrogen-bond acceptors (Lipinski definition) is 4. The minimum Gasteiger partial charge on any atom is -0.548 e. The van der Waals surface area contributed by atoms with Crippen molar-refractivity contribution in [3.05, 3.63) is 95.6 Å². The van der Waals surface area contributed by atoms with Gasteiger partial charge < -0.3 is 20.0 Å². The molecular formula is C24H20NO4-. The number of carbonyl (C=O) groups is 2. The molecule has 0 heterocycles. The summed E-state index contributed by atoms with van der Waals surface area (Å²) in [5.74, 6) is -1.42. The van der Waals surface area contributed by atoms with Crippen molar-refractivity contribution >= 4 is 12.1 Å². The monoisotopic (exact) mass is 386 g/mol. The van der Waals surface area contributed by atoms with Crippen LogP contribution in [0, 0.1) is 0 Å². The summed E-state index contributed by atoms with van der Waals surface area (Å²) in [5.41, 5.74) is 5.26. The summed E-state index contributed by atoms with van der Waals surface area (Å²) in [4.78, 5) is 23.8. The van der Waals surface area contributed by atoms with Crippen LogP contribution < -0.4 is 10.4 Å². The summed E-state index contributed by atoms with van der Waals surface area (Å²) in [6.45, 7) is 0.130. The lowest BCUT2D eigenvalue weighted by molar-refractivity contribution is -0.308. The van der Waals surface area contributed by atoms with Gasteiger partial charge in [-0.15, -0.1) is 0 Å². The highest BCUT2D eigenvalue weighted by Crippen LogP contribution is 2.44. The smallest absolute Gasteiger partial charge is 0.407 e. The fourth-order valence-electron chi connectivity index (χ4n) is 3.83. The molecule has 1 aliphatic carbocycles.